The van der Waals surface area contributed by atoms with E-state index in [-0.39, 0.29) is 11.5 Å². The van der Waals surface area contributed by atoms with Crippen LogP contribution >= 0.6 is 0 Å². The van der Waals surface area contributed by atoms with Crippen LogP contribution in [0.3, 0.4) is 0 Å². The van der Waals surface area contributed by atoms with Gasteiger partial charge < -0.3 is 14.8 Å². The van der Waals surface area contributed by atoms with Gasteiger partial charge in [-0.3, -0.25) is 4.79 Å². The lowest BCUT2D eigenvalue weighted by atomic mass is 10.0. The quantitative estimate of drug-likeness (QED) is 0.665. The Balaban J connectivity index is 3.91. The highest BCUT2D eigenvalue weighted by Gasteiger charge is 2.19. The average molecular weight is 243 g/mol. The Bertz CT molecular complexity index is 259. The minimum absolute atomic E-state index is 0.0767. The first-order valence-electron chi connectivity index (χ1n) is 6.02. The van der Waals surface area contributed by atoms with Crippen molar-refractivity contribution in [1.82, 2.24) is 5.32 Å². The van der Waals surface area contributed by atoms with Crippen LogP contribution in [0.5, 0.6) is 0 Å². The summed E-state index contributed by atoms with van der Waals surface area (Å²) in [6.45, 7) is 8.95. The van der Waals surface area contributed by atoms with Crippen LogP contribution in [0.1, 0.15) is 40.5 Å². The van der Waals surface area contributed by atoms with Crippen molar-refractivity contribution in [3.05, 3.63) is 11.8 Å². The van der Waals surface area contributed by atoms with Crippen LogP contribution in [0.15, 0.2) is 11.8 Å². The lowest BCUT2D eigenvalue weighted by Crippen LogP contribution is -2.29. The van der Waals surface area contributed by atoms with E-state index in [4.69, 9.17) is 9.47 Å². The van der Waals surface area contributed by atoms with Gasteiger partial charge in [0.05, 0.1) is 25.1 Å². The zero-order chi connectivity index (χ0) is 13.3. The molecule has 0 spiro atoms. The summed E-state index contributed by atoms with van der Waals surface area (Å²) in [5.74, 6) is 0.914. The molecule has 0 atom stereocenters. The van der Waals surface area contributed by atoms with Crippen molar-refractivity contribution in [1.29, 1.82) is 0 Å². The van der Waals surface area contributed by atoms with Crippen molar-refractivity contribution in [2.24, 2.45) is 0 Å². The topological polar surface area (TPSA) is 47.6 Å². The van der Waals surface area contributed by atoms with E-state index in [0.717, 1.165) is 5.76 Å². The van der Waals surface area contributed by atoms with Gasteiger partial charge in [-0.25, -0.2) is 0 Å². The molecule has 17 heavy (non-hydrogen) atoms. The van der Waals surface area contributed by atoms with Gasteiger partial charge >= 0.3 is 0 Å². The van der Waals surface area contributed by atoms with Gasteiger partial charge in [0.25, 0.3) is 0 Å². The summed E-state index contributed by atoms with van der Waals surface area (Å²) in [4.78, 5) is 11.3. The Kier molecular flexibility index (Phi) is 7.63. The van der Waals surface area contributed by atoms with E-state index in [0.29, 0.717) is 26.0 Å². The van der Waals surface area contributed by atoms with E-state index >= 15 is 0 Å². The SMILES string of the molecule is CCNC(=O)CCC(C)(C)OC/C=C(/C)OC. The summed E-state index contributed by atoms with van der Waals surface area (Å²) in [5.41, 5.74) is -0.296. The molecule has 0 heterocycles. The van der Waals surface area contributed by atoms with E-state index in [1.807, 2.05) is 33.8 Å². The van der Waals surface area contributed by atoms with Crippen LogP contribution in [0, 0.1) is 0 Å². The molecule has 0 saturated carbocycles. The monoisotopic (exact) mass is 243 g/mol. The molecule has 1 N–H and O–H groups in total. The lowest BCUT2D eigenvalue weighted by molar-refractivity contribution is -0.122. The van der Waals surface area contributed by atoms with Crippen molar-refractivity contribution < 1.29 is 14.3 Å². The molecule has 0 saturated heterocycles. The van der Waals surface area contributed by atoms with E-state index in [1.165, 1.54) is 0 Å². The number of carbonyl (C=O) groups is 1. The van der Waals surface area contributed by atoms with Crippen LogP contribution in [-0.2, 0) is 14.3 Å². The average Bonchev–Trinajstić information content (AvgIpc) is 2.26. The van der Waals surface area contributed by atoms with E-state index in [2.05, 4.69) is 5.32 Å². The summed E-state index contributed by atoms with van der Waals surface area (Å²) in [5, 5.41) is 2.78. The van der Waals surface area contributed by atoms with Gasteiger partial charge in [-0.05, 0) is 40.2 Å². The molecular weight excluding hydrogens is 218 g/mol. The molecule has 0 radical (unpaired) electrons. The van der Waals surface area contributed by atoms with Crippen LogP contribution in [0.4, 0.5) is 0 Å². The number of amides is 1. The zero-order valence-corrected chi connectivity index (χ0v) is 11.6. The minimum atomic E-state index is -0.296. The normalized spacial score (nSPS) is 12.4. The van der Waals surface area contributed by atoms with Gasteiger partial charge in [-0.2, -0.15) is 0 Å². The Morgan fingerprint density at radius 1 is 1.41 bits per heavy atom. The molecule has 4 nitrogen and oxygen atoms in total. The largest absolute Gasteiger partial charge is 0.502 e. The van der Waals surface area contributed by atoms with E-state index in [1.54, 1.807) is 7.11 Å². The maximum atomic E-state index is 11.3. The third-order valence-corrected chi connectivity index (χ3v) is 2.49. The molecule has 0 aliphatic carbocycles. The first-order valence-corrected chi connectivity index (χ1v) is 6.02. The number of methoxy groups -OCH3 is 1. The molecular formula is C13H25NO3. The summed E-state index contributed by atoms with van der Waals surface area (Å²) in [6.07, 6.45) is 3.08. The second kappa shape index (κ2) is 8.12. The zero-order valence-electron chi connectivity index (χ0n) is 11.6. The predicted octanol–water partition coefficient (Wildman–Crippen LogP) is 2.25. The van der Waals surface area contributed by atoms with Crippen LogP contribution in [-0.4, -0.2) is 31.8 Å². The predicted molar refractivity (Wildman–Crippen MR) is 68.7 cm³/mol. The third kappa shape index (κ3) is 8.74. The smallest absolute Gasteiger partial charge is 0.220 e. The molecule has 0 bridgehead atoms. The first-order chi connectivity index (χ1) is 7.91. The standard InChI is InChI=1S/C13H25NO3/c1-6-14-12(15)7-9-13(3,4)17-10-8-11(2)16-5/h8H,6-7,9-10H2,1-5H3,(H,14,15)/b11-8-. The minimum Gasteiger partial charge on any atom is -0.502 e. The first kappa shape index (κ1) is 16.0. The molecule has 0 aromatic rings. The van der Waals surface area contributed by atoms with Crippen molar-refractivity contribution in [3.63, 3.8) is 0 Å². The number of hydrogen-bond acceptors (Lipinski definition) is 3. The third-order valence-electron chi connectivity index (χ3n) is 2.49. The van der Waals surface area contributed by atoms with Crippen LogP contribution < -0.4 is 5.32 Å². The van der Waals surface area contributed by atoms with E-state index < -0.39 is 0 Å². The molecule has 4 heteroatoms. The van der Waals surface area contributed by atoms with Crippen molar-refractivity contribution >= 4 is 5.91 Å². The highest BCUT2D eigenvalue weighted by molar-refractivity contribution is 5.75. The van der Waals surface area contributed by atoms with Gasteiger partial charge in [0.1, 0.15) is 0 Å². The molecule has 0 rings (SSSR count). The van der Waals surface area contributed by atoms with Gasteiger partial charge in [0, 0.05) is 13.0 Å². The van der Waals surface area contributed by atoms with Crippen molar-refractivity contribution in [3.8, 4) is 0 Å². The Hall–Kier alpha value is -1.03. The van der Waals surface area contributed by atoms with Crippen LogP contribution in [0.25, 0.3) is 0 Å². The molecule has 1 amide bonds. The fraction of sp³-hybridized carbons (Fsp3) is 0.769. The van der Waals surface area contributed by atoms with Gasteiger partial charge in [-0.1, -0.05) is 0 Å². The van der Waals surface area contributed by atoms with Crippen molar-refractivity contribution in [2.45, 2.75) is 46.1 Å². The molecule has 0 aromatic carbocycles. The second-order valence-corrected chi connectivity index (χ2v) is 4.54. The summed E-state index contributed by atoms with van der Waals surface area (Å²) >= 11 is 0. The van der Waals surface area contributed by atoms with Gasteiger partial charge in [0.15, 0.2) is 0 Å². The lowest BCUT2D eigenvalue weighted by Gasteiger charge is -2.24. The maximum Gasteiger partial charge on any atom is 0.220 e. The van der Waals surface area contributed by atoms with E-state index in [9.17, 15) is 4.79 Å². The Morgan fingerprint density at radius 3 is 2.59 bits per heavy atom. The highest BCUT2D eigenvalue weighted by Crippen LogP contribution is 2.16. The molecule has 0 aromatic heterocycles. The number of hydrogen-bond donors (Lipinski definition) is 1. The van der Waals surface area contributed by atoms with Crippen molar-refractivity contribution in [2.75, 3.05) is 20.3 Å². The Labute approximate surface area is 104 Å². The fourth-order valence-electron chi connectivity index (χ4n) is 1.24. The maximum absolute atomic E-state index is 11.3. The van der Waals surface area contributed by atoms with Crippen LogP contribution in [0.2, 0.25) is 0 Å². The highest BCUT2D eigenvalue weighted by atomic mass is 16.5. The number of nitrogens with one attached hydrogen (secondary N) is 1. The number of ether oxygens (including phenoxy) is 2. The van der Waals surface area contributed by atoms with Gasteiger partial charge in [-0.15, -0.1) is 0 Å². The number of carbonyl (C=O) groups excluding carboxylic acids is 1. The molecule has 100 valence electrons. The van der Waals surface area contributed by atoms with Gasteiger partial charge in [0.2, 0.25) is 5.91 Å². The molecule has 0 aliphatic heterocycles. The summed E-state index contributed by atoms with van der Waals surface area (Å²) in [6, 6.07) is 0. The number of allylic oxidation sites excluding steroid dienone is 1. The summed E-state index contributed by atoms with van der Waals surface area (Å²) < 4.78 is 10.7. The summed E-state index contributed by atoms with van der Waals surface area (Å²) in [7, 11) is 1.63. The molecule has 0 unspecified atom stereocenters. The second-order valence-electron chi connectivity index (χ2n) is 4.54. The molecule has 0 fully saturated rings. The molecule has 0 aliphatic rings. The Morgan fingerprint density at radius 2 is 2.06 bits per heavy atom. The fourth-order valence-corrected chi connectivity index (χ4v) is 1.24. The number of rotatable bonds is 8.